The fourth-order valence-electron chi connectivity index (χ4n) is 1.83. The van der Waals surface area contributed by atoms with Gasteiger partial charge < -0.3 is 0 Å². The van der Waals surface area contributed by atoms with E-state index < -0.39 is 0 Å². The molecular weight excluding hydrogens is 180 g/mol. The molecule has 0 aliphatic carbocycles. The molecule has 0 heterocycles. The van der Waals surface area contributed by atoms with Crippen LogP contribution in [0.1, 0.15) is 63.5 Å². The zero-order chi connectivity index (χ0) is 11.1. The third-order valence-electron chi connectivity index (χ3n) is 3.23. The predicted octanol–water partition coefficient (Wildman–Crippen LogP) is 4.93. The van der Waals surface area contributed by atoms with Gasteiger partial charge in [-0.15, -0.1) is 0 Å². The van der Waals surface area contributed by atoms with Gasteiger partial charge in [0.15, 0.2) is 0 Å². The first kappa shape index (κ1) is 12.3. The highest BCUT2D eigenvalue weighted by atomic mass is 14.1. The normalized spacial score (nSPS) is 12.7. The van der Waals surface area contributed by atoms with E-state index in [-0.39, 0.29) is 0 Å². The molecule has 0 saturated carbocycles. The zero-order valence-electron chi connectivity index (χ0n) is 10.4. The Kier molecular flexibility index (Phi) is 5.45. The molecule has 0 spiro atoms. The number of unbranched alkanes of at least 4 members (excludes halogenated alkanes) is 2. The molecule has 0 aliphatic rings. The highest BCUT2D eigenvalue weighted by Gasteiger charge is 2.01. The average molecular weight is 204 g/mol. The van der Waals surface area contributed by atoms with E-state index in [1.54, 1.807) is 0 Å². The van der Waals surface area contributed by atoms with Crippen LogP contribution in [0.3, 0.4) is 0 Å². The quantitative estimate of drug-likeness (QED) is 0.576. The van der Waals surface area contributed by atoms with E-state index in [0.717, 1.165) is 0 Å². The second-order valence-electron chi connectivity index (χ2n) is 4.51. The minimum Gasteiger partial charge on any atom is -0.0654 e. The molecule has 0 saturated heterocycles. The van der Waals surface area contributed by atoms with E-state index >= 15 is 0 Å². The van der Waals surface area contributed by atoms with Crippen molar-refractivity contribution in [2.45, 2.75) is 58.8 Å². The van der Waals surface area contributed by atoms with Crippen molar-refractivity contribution in [3.63, 3.8) is 0 Å². The van der Waals surface area contributed by atoms with Crippen molar-refractivity contribution in [3.8, 4) is 0 Å². The first-order valence-corrected chi connectivity index (χ1v) is 6.36. The van der Waals surface area contributed by atoms with Gasteiger partial charge in [-0.2, -0.15) is 0 Å². The van der Waals surface area contributed by atoms with Crippen molar-refractivity contribution in [1.29, 1.82) is 0 Å². The highest BCUT2D eigenvalue weighted by molar-refractivity contribution is 5.25. The fraction of sp³-hybridized carbons (Fsp3) is 0.600. The summed E-state index contributed by atoms with van der Waals surface area (Å²) in [5.74, 6) is 0.703. The molecule has 0 heteroatoms. The van der Waals surface area contributed by atoms with E-state index in [1.807, 2.05) is 0 Å². The maximum absolute atomic E-state index is 2.30. The van der Waals surface area contributed by atoms with Gasteiger partial charge >= 0.3 is 0 Å². The van der Waals surface area contributed by atoms with E-state index in [9.17, 15) is 0 Å². The second-order valence-corrected chi connectivity index (χ2v) is 4.51. The summed E-state index contributed by atoms with van der Waals surface area (Å²) in [7, 11) is 0. The lowest BCUT2D eigenvalue weighted by atomic mass is 9.96. The largest absolute Gasteiger partial charge is 0.0654 e. The van der Waals surface area contributed by atoms with Gasteiger partial charge in [-0.25, -0.2) is 0 Å². The molecule has 1 atom stereocenters. The first-order chi connectivity index (χ1) is 7.27. The molecule has 0 N–H and O–H groups in total. The SMILES string of the molecule is CCCCCc1ccc(C(C)CC)cc1. The molecule has 1 unspecified atom stereocenters. The second kappa shape index (κ2) is 6.66. The molecule has 1 aromatic rings. The van der Waals surface area contributed by atoms with Crippen molar-refractivity contribution < 1.29 is 0 Å². The number of rotatable bonds is 6. The lowest BCUT2D eigenvalue weighted by molar-refractivity contribution is 0.714. The van der Waals surface area contributed by atoms with E-state index in [4.69, 9.17) is 0 Å². The predicted molar refractivity (Wildman–Crippen MR) is 68.4 cm³/mol. The lowest BCUT2D eigenvalue weighted by Gasteiger charge is -2.09. The van der Waals surface area contributed by atoms with E-state index in [1.165, 1.54) is 43.2 Å². The maximum Gasteiger partial charge on any atom is -0.0193 e. The summed E-state index contributed by atoms with van der Waals surface area (Å²) in [5.41, 5.74) is 2.98. The van der Waals surface area contributed by atoms with Crippen molar-refractivity contribution in [2.75, 3.05) is 0 Å². The Morgan fingerprint density at radius 1 is 1.00 bits per heavy atom. The van der Waals surface area contributed by atoms with Crippen LogP contribution in [0.15, 0.2) is 24.3 Å². The molecule has 84 valence electrons. The Bertz CT molecular complexity index is 258. The Hall–Kier alpha value is -0.780. The molecular formula is C15H24. The monoisotopic (exact) mass is 204 g/mol. The summed E-state index contributed by atoms with van der Waals surface area (Å²) >= 11 is 0. The van der Waals surface area contributed by atoms with Gasteiger partial charge in [0.05, 0.1) is 0 Å². The van der Waals surface area contributed by atoms with Gasteiger partial charge in [0.1, 0.15) is 0 Å². The van der Waals surface area contributed by atoms with Crippen LogP contribution in [0.2, 0.25) is 0 Å². The molecule has 1 rings (SSSR count). The van der Waals surface area contributed by atoms with Crippen LogP contribution in [0.25, 0.3) is 0 Å². The summed E-state index contributed by atoms with van der Waals surface area (Å²) in [4.78, 5) is 0. The number of hydrogen-bond donors (Lipinski definition) is 0. The van der Waals surface area contributed by atoms with Gasteiger partial charge in [-0.1, -0.05) is 57.9 Å². The van der Waals surface area contributed by atoms with Gasteiger partial charge in [0.25, 0.3) is 0 Å². The molecule has 0 aliphatic heterocycles. The Morgan fingerprint density at radius 2 is 1.67 bits per heavy atom. The third kappa shape index (κ3) is 4.07. The molecule has 1 aromatic carbocycles. The lowest BCUT2D eigenvalue weighted by Crippen LogP contribution is -1.92. The van der Waals surface area contributed by atoms with Crippen LogP contribution < -0.4 is 0 Å². The van der Waals surface area contributed by atoms with Gasteiger partial charge in [-0.05, 0) is 36.3 Å². The summed E-state index contributed by atoms with van der Waals surface area (Å²) in [6.45, 7) is 6.80. The summed E-state index contributed by atoms with van der Waals surface area (Å²) < 4.78 is 0. The minimum atomic E-state index is 0.703. The van der Waals surface area contributed by atoms with Crippen LogP contribution in [-0.4, -0.2) is 0 Å². The number of benzene rings is 1. The fourth-order valence-corrected chi connectivity index (χ4v) is 1.83. The standard InChI is InChI=1S/C15H24/c1-4-6-7-8-14-9-11-15(12-10-14)13(3)5-2/h9-13H,4-8H2,1-3H3. The van der Waals surface area contributed by atoms with Crippen LogP contribution in [0.4, 0.5) is 0 Å². The topological polar surface area (TPSA) is 0 Å². The zero-order valence-corrected chi connectivity index (χ0v) is 10.4. The van der Waals surface area contributed by atoms with Gasteiger partial charge in [-0.3, -0.25) is 0 Å². The molecule has 0 amide bonds. The summed E-state index contributed by atoms with van der Waals surface area (Å²) in [6.07, 6.45) is 6.47. The van der Waals surface area contributed by atoms with Crippen molar-refractivity contribution in [3.05, 3.63) is 35.4 Å². The van der Waals surface area contributed by atoms with Crippen molar-refractivity contribution in [2.24, 2.45) is 0 Å². The van der Waals surface area contributed by atoms with Crippen LogP contribution in [-0.2, 0) is 6.42 Å². The van der Waals surface area contributed by atoms with Gasteiger partial charge in [0.2, 0.25) is 0 Å². The van der Waals surface area contributed by atoms with E-state index in [2.05, 4.69) is 45.0 Å². The minimum absolute atomic E-state index is 0.703. The van der Waals surface area contributed by atoms with Crippen LogP contribution >= 0.6 is 0 Å². The molecule has 0 fully saturated rings. The molecule has 0 aromatic heterocycles. The van der Waals surface area contributed by atoms with Gasteiger partial charge in [0, 0.05) is 0 Å². The summed E-state index contributed by atoms with van der Waals surface area (Å²) in [5, 5.41) is 0. The molecule has 15 heavy (non-hydrogen) atoms. The number of hydrogen-bond acceptors (Lipinski definition) is 0. The third-order valence-corrected chi connectivity index (χ3v) is 3.23. The summed E-state index contributed by atoms with van der Waals surface area (Å²) in [6, 6.07) is 9.21. The highest BCUT2D eigenvalue weighted by Crippen LogP contribution is 2.19. The van der Waals surface area contributed by atoms with Crippen molar-refractivity contribution >= 4 is 0 Å². The Balaban J connectivity index is 2.49. The average Bonchev–Trinajstić information content (AvgIpc) is 2.29. The van der Waals surface area contributed by atoms with E-state index in [0.29, 0.717) is 5.92 Å². The Morgan fingerprint density at radius 3 is 2.20 bits per heavy atom. The van der Waals surface area contributed by atoms with Crippen LogP contribution in [0, 0.1) is 0 Å². The first-order valence-electron chi connectivity index (χ1n) is 6.36. The Labute approximate surface area is 94.7 Å². The van der Waals surface area contributed by atoms with Crippen molar-refractivity contribution in [1.82, 2.24) is 0 Å². The molecule has 0 bridgehead atoms. The maximum atomic E-state index is 2.30. The molecule has 0 radical (unpaired) electrons. The number of aryl methyl sites for hydroxylation is 1. The van der Waals surface area contributed by atoms with Crippen LogP contribution in [0.5, 0.6) is 0 Å². The molecule has 0 nitrogen and oxygen atoms in total. The smallest absolute Gasteiger partial charge is 0.0193 e.